The molecule has 0 saturated heterocycles. The monoisotopic (exact) mass is 219 g/mol. The Kier molecular flexibility index (Phi) is 34.7. The van der Waals surface area contributed by atoms with E-state index in [0.29, 0.717) is 0 Å². The largest absolute Gasteiger partial charge is 1.00 e. The van der Waals surface area contributed by atoms with Crippen LogP contribution in [0.5, 0.6) is 0 Å². The van der Waals surface area contributed by atoms with Crippen molar-refractivity contribution in [2.75, 3.05) is 0 Å². The molecule has 0 aliphatic heterocycles. The van der Waals surface area contributed by atoms with E-state index in [1.807, 2.05) is 0 Å². The first-order valence-electron chi connectivity index (χ1n) is 0.783. The van der Waals surface area contributed by atoms with Gasteiger partial charge < -0.3 is 19.0 Å². The Morgan fingerprint density at radius 3 is 1.12 bits per heavy atom. The molecule has 8 heteroatoms. The molecule has 0 aromatic heterocycles. The number of rotatable bonds is 0. The standard InChI is InChI=1S/3K.H3O4P.3H/c;;;1-5(2,3)4;;;/h;;;(H3,1,2,3,4);;;/q3*+1;;3*-1/p+1. The topological polar surface area (TPSA) is 77.8 Å². The van der Waals surface area contributed by atoms with Crippen LogP contribution >= 0.6 is 7.82 Å². The second-order valence-electron chi connectivity index (χ2n) is 0.513. The van der Waals surface area contributed by atoms with Gasteiger partial charge in [-0.1, -0.05) is 0 Å². The SMILES string of the molecule is O=P(O)(O)O.[H+].[H-].[H-].[H-].[K+].[K+].[K+]. The van der Waals surface area contributed by atoms with Crippen molar-refractivity contribution >= 4 is 7.82 Å². The van der Waals surface area contributed by atoms with E-state index in [-0.39, 0.29) is 160 Å². The van der Waals surface area contributed by atoms with Gasteiger partial charge in [-0.25, -0.2) is 4.57 Å². The zero-order valence-corrected chi connectivity index (χ0v) is 15.5. The van der Waals surface area contributed by atoms with E-state index < -0.39 is 7.82 Å². The Hall–Kier alpha value is 5.02. The predicted octanol–water partition coefficient (Wildman–Crippen LogP) is -9.47. The van der Waals surface area contributed by atoms with Crippen LogP contribution in [0.3, 0.4) is 0 Å². The minimum atomic E-state index is -4.64. The molecule has 0 unspecified atom stereocenters. The van der Waals surface area contributed by atoms with Crippen molar-refractivity contribution in [2.45, 2.75) is 0 Å². The van der Waals surface area contributed by atoms with Crippen LogP contribution in [-0.4, -0.2) is 14.7 Å². The molecule has 0 aromatic rings. The summed E-state index contributed by atoms with van der Waals surface area (Å²) in [4.78, 5) is 21.6. The number of hydrogen-bond donors (Lipinski definition) is 3. The van der Waals surface area contributed by atoms with Gasteiger partial charge in [0.1, 0.15) is 0 Å². The van der Waals surface area contributed by atoms with Gasteiger partial charge in [-0.05, 0) is 0 Å². The van der Waals surface area contributed by atoms with Crippen molar-refractivity contribution in [3.63, 3.8) is 0 Å². The Labute approximate surface area is 181 Å². The summed E-state index contributed by atoms with van der Waals surface area (Å²) in [5.41, 5.74) is 0. The first-order chi connectivity index (χ1) is 2.00. The van der Waals surface area contributed by atoms with Crippen molar-refractivity contribution in [3.05, 3.63) is 0 Å². The molecule has 3 N–H and O–H groups in total. The van der Waals surface area contributed by atoms with Crippen molar-refractivity contribution in [1.29, 1.82) is 0 Å². The molecule has 0 fully saturated rings. The maximum Gasteiger partial charge on any atom is 1.00 e. The summed E-state index contributed by atoms with van der Waals surface area (Å²) in [6, 6.07) is 0. The molecular formula is H7K3O4P+. The van der Waals surface area contributed by atoms with Crippen LogP contribution < -0.4 is 154 Å². The third-order valence-electron chi connectivity index (χ3n) is 0. The van der Waals surface area contributed by atoms with Gasteiger partial charge in [0.15, 0.2) is 0 Å². The molecule has 4 nitrogen and oxygen atoms in total. The van der Waals surface area contributed by atoms with Crippen molar-refractivity contribution < 1.29 is 179 Å². The average Bonchev–Trinajstić information content (AvgIpc) is 0.722. The van der Waals surface area contributed by atoms with E-state index in [9.17, 15) is 0 Å². The van der Waals surface area contributed by atoms with E-state index in [0.717, 1.165) is 0 Å². The summed E-state index contributed by atoms with van der Waals surface area (Å²) in [6.07, 6.45) is 0. The van der Waals surface area contributed by atoms with Crippen LogP contribution in [0, 0.1) is 0 Å². The third kappa shape index (κ3) is 43.9. The fourth-order valence-electron chi connectivity index (χ4n) is 0. The minimum Gasteiger partial charge on any atom is -1.00 e. The van der Waals surface area contributed by atoms with Crippen LogP contribution in [0.1, 0.15) is 5.71 Å². The van der Waals surface area contributed by atoms with Crippen LogP contribution in [0.4, 0.5) is 0 Å². The zero-order valence-electron chi connectivity index (χ0n) is 9.20. The normalized spacial score (nSPS) is 7.38. The van der Waals surface area contributed by atoms with Crippen molar-refractivity contribution in [3.8, 4) is 0 Å². The first kappa shape index (κ1) is 23.1. The molecule has 0 aromatic carbocycles. The summed E-state index contributed by atoms with van der Waals surface area (Å²) in [6.45, 7) is 0. The second kappa shape index (κ2) is 12.0. The van der Waals surface area contributed by atoms with Gasteiger partial charge in [0, 0.05) is 0 Å². The Morgan fingerprint density at radius 2 is 1.12 bits per heavy atom. The van der Waals surface area contributed by atoms with Crippen LogP contribution in [0.15, 0.2) is 0 Å². The fourth-order valence-corrected chi connectivity index (χ4v) is 0. The van der Waals surface area contributed by atoms with Gasteiger partial charge in [-0.3, -0.25) is 0 Å². The zero-order chi connectivity index (χ0) is 4.50. The molecule has 0 rings (SSSR count). The molecular weight excluding hydrogens is 212 g/mol. The molecule has 0 heterocycles. The summed E-state index contributed by atoms with van der Waals surface area (Å²) in [5, 5.41) is 0. The van der Waals surface area contributed by atoms with Gasteiger partial charge in [0.25, 0.3) is 0 Å². The minimum absolute atomic E-state index is 0. The third-order valence-corrected chi connectivity index (χ3v) is 0. The Bertz CT molecular complexity index is 68.4. The van der Waals surface area contributed by atoms with Crippen LogP contribution in [0.2, 0.25) is 0 Å². The van der Waals surface area contributed by atoms with E-state index >= 15 is 0 Å². The van der Waals surface area contributed by atoms with Crippen molar-refractivity contribution in [1.82, 2.24) is 0 Å². The number of hydrogen-bond acceptors (Lipinski definition) is 1. The van der Waals surface area contributed by atoms with E-state index in [1.165, 1.54) is 0 Å². The van der Waals surface area contributed by atoms with Gasteiger partial charge in [-0.2, -0.15) is 0 Å². The summed E-state index contributed by atoms with van der Waals surface area (Å²) < 4.78 is 8.88. The fraction of sp³-hybridized carbons (Fsp3) is 0. The molecule has 8 heavy (non-hydrogen) atoms. The Balaban J connectivity index is -0.00000000381. The molecule has 0 atom stereocenters. The Morgan fingerprint density at radius 1 is 1.12 bits per heavy atom. The predicted molar refractivity (Wildman–Crippen MR) is 18.7 cm³/mol. The van der Waals surface area contributed by atoms with Crippen LogP contribution in [0.25, 0.3) is 0 Å². The van der Waals surface area contributed by atoms with E-state index in [4.69, 9.17) is 19.2 Å². The smallest absolute Gasteiger partial charge is 1.00 e. The second-order valence-corrected chi connectivity index (χ2v) is 1.54. The quantitative estimate of drug-likeness (QED) is 0.279. The molecule has 0 aliphatic rings. The van der Waals surface area contributed by atoms with E-state index in [1.54, 1.807) is 0 Å². The molecule has 0 spiro atoms. The molecule has 0 aliphatic carbocycles. The summed E-state index contributed by atoms with van der Waals surface area (Å²) >= 11 is 0. The maximum atomic E-state index is 8.88. The average molecular weight is 219 g/mol. The van der Waals surface area contributed by atoms with Gasteiger partial charge in [-0.15, -0.1) is 0 Å². The number of phosphoric acid groups is 1. The molecule has 0 saturated carbocycles. The summed E-state index contributed by atoms with van der Waals surface area (Å²) in [5.74, 6) is 0. The molecule has 0 bridgehead atoms. The van der Waals surface area contributed by atoms with Gasteiger partial charge in [0.2, 0.25) is 0 Å². The summed E-state index contributed by atoms with van der Waals surface area (Å²) in [7, 11) is -4.64. The van der Waals surface area contributed by atoms with Crippen molar-refractivity contribution in [2.24, 2.45) is 0 Å². The van der Waals surface area contributed by atoms with Gasteiger partial charge >= 0.3 is 163 Å². The molecule has 0 radical (unpaired) electrons. The first-order valence-corrected chi connectivity index (χ1v) is 2.35. The van der Waals surface area contributed by atoms with Gasteiger partial charge in [0.05, 0.1) is 0 Å². The molecule has 0 amide bonds. The van der Waals surface area contributed by atoms with E-state index in [2.05, 4.69) is 0 Å². The maximum absolute atomic E-state index is 8.88. The molecule has 38 valence electrons. The van der Waals surface area contributed by atoms with Crippen LogP contribution in [-0.2, 0) is 4.57 Å².